The van der Waals surface area contributed by atoms with E-state index in [9.17, 15) is 22.8 Å². The number of alkyl halides is 3. The van der Waals surface area contributed by atoms with E-state index < -0.39 is 12.1 Å². The van der Waals surface area contributed by atoms with E-state index in [1.807, 2.05) is 0 Å². The van der Waals surface area contributed by atoms with Crippen LogP contribution in [0.5, 0.6) is 0 Å². The summed E-state index contributed by atoms with van der Waals surface area (Å²) in [7, 11) is 0. The Morgan fingerprint density at radius 1 is 1.13 bits per heavy atom. The number of halogens is 5. The van der Waals surface area contributed by atoms with Crippen LogP contribution in [0.25, 0.3) is 0 Å². The first-order chi connectivity index (χ1) is 14.2. The number of hydrogen-bond acceptors (Lipinski definition) is 4. The van der Waals surface area contributed by atoms with Crippen LogP contribution in [0.2, 0.25) is 10.0 Å². The van der Waals surface area contributed by atoms with Crippen LogP contribution in [-0.4, -0.2) is 36.1 Å². The first-order valence-electron chi connectivity index (χ1n) is 9.01. The molecule has 0 radical (unpaired) electrons. The maximum atomic E-state index is 13.4. The SMILES string of the molecule is O=C(Nc1cccc(Cl)c1N(C(=O)C(F)(F)F)c1ccc(Cl)cn1)C1CCNCC1. The maximum absolute atomic E-state index is 13.4. The molecule has 0 saturated carbocycles. The normalized spacial score (nSPS) is 15.0. The summed E-state index contributed by atoms with van der Waals surface area (Å²) >= 11 is 12.0. The van der Waals surface area contributed by atoms with Crippen molar-refractivity contribution in [3.8, 4) is 0 Å². The number of rotatable bonds is 4. The standard InChI is InChI=1S/C19H17Cl2F3N4O2/c20-12-4-5-15(26-10-12)28(18(30)19(22,23)24)16-13(21)2-1-3-14(16)27-17(29)11-6-8-25-9-7-11/h1-5,10-11,25H,6-9H2,(H,27,29). The van der Waals surface area contributed by atoms with Gasteiger partial charge in [-0.25, -0.2) is 4.98 Å². The number of nitrogens with one attached hydrogen (secondary N) is 2. The molecule has 11 heteroatoms. The van der Waals surface area contributed by atoms with Crippen molar-refractivity contribution in [2.75, 3.05) is 23.3 Å². The van der Waals surface area contributed by atoms with Gasteiger partial charge in [0.25, 0.3) is 0 Å². The van der Waals surface area contributed by atoms with Gasteiger partial charge in [-0.1, -0.05) is 29.3 Å². The quantitative estimate of drug-likeness (QED) is 0.701. The number of carbonyl (C=O) groups excluding carboxylic acids is 2. The van der Waals surface area contributed by atoms with Gasteiger partial charge < -0.3 is 10.6 Å². The third-order valence-corrected chi connectivity index (χ3v) is 5.09. The summed E-state index contributed by atoms with van der Waals surface area (Å²) in [4.78, 5) is 29.1. The zero-order chi connectivity index (χ0) is 21.9. The average molecular weight is 461 g/mol. The second-order valence-corrected chi connectivity index (χ2v) is 7.47. The fourth-order valence-electron chi connectivity index (χ4n) is 3.11. The predicted octanol–water partition coefficient (Wildman–Crippen LogP) is 4.55. The molecule has 1 aromatic carbocycles. The van der Waals surface area contributed by atoms with Crippen molar-refractivity contribution in [1.82, 2.24) is 10.3 Å². The van der Waals surface area contributed by atoms with Crippen LogP contribution >= 0.6 is 23.2 Å². The molecule has 2 heterocycles. The number of carbonyl (C=O) groups is 2. The van der Waals surface area contributed by atoms with Crippen LogP contribution in [0, 0.1) is 5.92 Å². The number of piperidine rings is 1. The minimum Gasteiger partial charge on any atom is -0.324 e. The summed E-state index contributed by atoms with van der Waals surface area (Å²) < 4.78 is 40.2. The van der Waals surface area contributed by atoms with E-state index in [1.54, 1.807) is 0 Å². The van der Waals surface area contributed by atoms with E-state index in [0.717, 1.165) is 12.3 Å². The molecule has 1 aromatic heterocycles. The molecule has 0 aliphatic carbocycles. The largest absolute Gasteiger partial charge is 0.472 e. The van der Waals surface area contributed by atoms with Crippen LogP contribution < -0.4 is 15.5 Å². The van der Waals surface area contributed by atoms with Crippen molar-refractivity contribution in [2.24, 2.45) is 5.92 Å². The first kappa shape index (κ1) is 22.3. The van der Waals surface area contributed by atoms with Crippen molar-refractivity contribution < 1.29 is 22.8 Å². The zero-order valence-corrected chi connectivity index (χ0v) is 17.0. The minimum atomic E-state index is -5.21. The number of benzene rings is 1. The first-order valence-corrected chi connectivity index (χ1v) is 9.77. The maximum Gasteiger partial charge on any atom is 0.472 e. The van der Waals surface area contributed by atoms with Gasteiger partial charge in [0.15, 0.2) is 0 Å². The Bertz CT molecular complexity index is 932. The van der Waals surface area contributed by atoms with Crippen LogP contribution in [-0.2, 0) is 9.59 Å². The number of aromatic nitrogens is 1. The van der Waals surface area contributed by atoms with Gasteiger partial charge in [-0.3, -0.25) is 14.5 Å². The Kier molecular flexibility index (Phi) is 6.84. The Hall–Kier alpha value is -2.36. The van der Waals surface area contributed by atoms with E-state index in [0.29, 0.717) is 30.8 Å². The third kappa shape index (κ3) is 5.03. The van der Waals surface area contributed by atoms with E-state index in [1.165, 1.54) is 24.3 Å². The molecule has 30 heavy (non-hydrogen) atoms. The smallest absolute Gasteiger partial charge is 0.324 e. The highest BCUT2D eigenvalue weighted by Crippen LogP contribution is 2.40. The van der Waals surface area contributed by atoms with Gasteiger partial charge in [0.1, 0.15) is 5.82 Å². The number of anilines is 3. The second kappa shape index (κ2) is 9.20. The highest BCUT2D eigenvalue weighted by molar-refractivity contribution is 6.35. The Morgan fingerprint density at radius 2 is 1.83 bits per heavy atom. The van der Waals surface area contributed by atoms with Crippen LogP contribution in [0.4, 0.5) is 30.4 Å². The number of nitrogens with zero attached hydrogens (tertiary/aromatic N) is 2. The molecule has 6 nitrogen and oxygen atoms in total. The fraction of sp³-hybridized carbons (Fsp3) is 0.316. The van der Waals surface area contributed by atoms with Crippen LogP contribution in [0.15, 0.2) is 36.5 Å². The molecule has 3 rings (SSSR count). The molecule has 1 aliphatic rings. The van der Waals surface area contributed by atoms with Crippen molar-refractivity contribution in [2.45, 2.75) is 19.0 Å². The van der Waals surface area contributed by atoms with Crippen molar-refractivity contribution in [1.29, 1.82) is 0 Å². The molecule has 1 saturated heterocycles. The van der Waals surface area contributed by atoms with Gasteiger partial charge in [-0.05, 0) is 50.2 Å². The van der Waals surface area contributed by atoms with E-state index in [-0.39, 0.29) is 39.1 Å². The van der Waals surface area contributed by atoms with E-state index in [2.05, 4.69) is 15.6 Å². The lowest BCUT2D eigenvalue weighted by Crippen LogP contribution is -2.39. The van der Waals surface area contributed by atoms with Crippen molar-refractivity contribution >= 4 is 52.2 Å². The van der Waals surface area contributed by atoms with Gasteiger partial charge in [-0.2, -0.15) is 13.2 Å². The van der Waals surface area contributed by atoms with Crippen molar-refractivity contribution in [3.63, 3.8) is 0 Å². The Morgan fingerprint density at radius 3 is 2.43 bits per heavy atom. The Balaban J connectivity index is 2.05. The molecule has 1 aliphatic heterocycles. The van der Waals surface area contributed by atoms with Gasteiger partial charge in [0.2, 0.25) is 5.91 Å². The summed E-state index contributed by atoms with van der Waals surface area (Å²) in [5.74, 6) is -3.21. The summed E-state index contributed by atoms with van der Waals surface area (Å²) in [6.07, 6.45) is -2.92. The summed E-state index contributed by atoms with van der Waals surface area (Å²) in [6.45, 7) is 1.32. The fourth-order valence-corrected chi connectivity index (χ4v) is 3.48. The summed E-state index contributed by atoms with van der Waals surface area (Å²) in [5.41, 5.74) is -0.348. The topological polar surface area (TPSA) is 74.3 Å². The van der Waals surface area contributed by atoms with Gasteiger partial charge in [0, 0.05) is 12.1 Å². The molecule has 2 N–H and O–H groups in total. The molecule has 0 bridgehead atoms. The van der Waals surface area contributed by atoms with Gasteiger partial charge >= 0.3 is 12.1 Å². The molecule has 160 valence electrons. The molecule has 2 amide bonds. The summed E-state index contributed by atoms with van der Waals surface area (Å²) in [5, 5.41) is 5.77. The highest BCUT2D eigenvalue weighted by atomic mass is 35.5. The molecular formula is C19H17Cl2F3N4O2. The highest BCUT2D eigenvalue weighted by Gasteiger charge is 2.45. The molecule has 0 unspecified atom stereocenters. The Labute approximate surface area is 180 Å². The van der Waals surface area contributed by atoms with E-state index >= 15 is 0 Å². The van der Waals surface area contributed by atoms with E-state index in [4.69, 9.17) is 23.2 Å². The third-order valence-electron chi connectivity index (χ3n) is 4.56. The monoisotopic (exact) mass is 460 g/mol. The van der Waals surface area contributed by atoms with Crippen LogP contribution in [0.3, 0.4) is 0 Å². The molecule has 0 spiro atoms. The average Bonchev–Trinajstić information content (AvgIpc) is 2.71. The second-order valence-electron chi connectivity index (χ2n) is 6.62. The minimum absolute atomic E-state index is 0.0274. The molecule has 0 atom stereocenters. The lowest BCUT2D eigenvalue weighted by atomic mass is 9.97. The van der Waals surface area contributed by atoms with Gasteiger partial charge in [0.05, 0.1) is 21.4 Å². The number of pyridine rings is 1. The summed E-state index contributed by atoms with van der Waals surface area (Å²) in [6, 6.07) is 6.63. The molecular weight excluding hydrogens is 444 g/mol. The predicted molar refractivity (Wildman–Crippen MR) is 108 cm³/mol. The number of para-hydroxylation sites is 1. The van der Waals surface area contributed by atoms with Crippen molar-refractivity contribution in [3.05, 3.63) is 46.6 Å². The molecule has 2 aromatic rings. The van der Waals surface area contributed by atoms with Crippen LogP contribution in [0.1, 0.15) is 12.8 Å². The lowest BCUT2D eigenvalue weighted by molar-refractivity contribution is -0.169. The zero-order valence-electron chi connectivity index (χ0n) is 15.5. The lowest BCUT2D eigenvalue weighted by Gasteiger charge is -2.27. The van der Waals surface area contributed by atoms with Gasteiger partial charge in [-0.15, -0.1) is 0 Å². The molecule has 1 fully saturated rings. The number of hydrogen-bond donors (Lipinski definition) is 2. The number of amides is 2.